The van der Waals surface area contributed by atoms with Crippen molar-refractivity contribution in [3.63, 3.8) is 0 Å². The molecule has 0 aliphatic rings. The SMILES string of the molecule is CC(CC=O)CC(=O)Oc1c(Br)cccc1NN. The fraction of sp³-hybridized carbons (Fsp3) is 0.333. The predicted molar refractivity (Wildman–Crippen MR) is 72.0 cm³/mol. The summed E-state index contributed by atoms with van der Waals surface area (Å²) in [4.78, 5) is 22.0. The fourth-order valence-corrected chi connectivity index (χ4v) is 1.86. The first kappa shape index (κ1) is 14.7. The first-order valence-electron chi connectivity index (χ1n) is 5.48. The molecule has 1 unspecified atom stereocenters. The van der Waals surface area contributed by atoms with Crippen LogP contribution in [0.3, 0.4) is 0 Å². The van der Waals surface area contributed by atoms with Crippen molar-refractivity contribution < 1.29 is 14.3 Å². The number of nitrogens with two attached hydrogens (primary N) is 1. The molecule has 0 saturated heterocycles. The van der Waals surface area contributed by atoms with Gasteiger partial charge in [0, 0.05) is 12.8 Å². The van der Waals surface area contributed by atoms with Gasteiger partial charge in [0.25, 0.3) is 0 Å². The summed E-state index contributed by atoms with van der Waals surface area (Å²) in [6.45, 7) is 1.82. The molecule has 0 radical (unpaired) electrons. The highest BCUT2D eigenvalue weighted by Crippen LogP contribution is 2.33. The van der Waals surface area contributed by atoms with E-state index in [1.807, 2.05) is 6.92 Å². The summed E-state index contributed by atoms with van der Waals surface area (Å²) >= 11 is 3.28. The number of carbonyl (C=O) groups is 2. The highest BCUT2D eigenvalue weighted by molar-refractivity contribution is 9.10. The Morgan fingerprint density at radius 1 is 1.61 bits per heavy atom. The first-order chi connectivity index (χ1) is 8.58. The van der Waals surface area contributed by atoms with Crippen LogP contribution in [0.4, 0.5) is 5.69 Å². The molecule has 1 aromatic carbocycles. The van der Waals surface area contributed by atoms with Crippen LogP contribution in [0.25, 0.3) is 0 Å². The number of para-hydroxylation sites is 1. The summed E-state index contributed by atoms with van der Waals surface area (Å²) in [5.74, 6) is 5.26. The quantitative estimate of drug-likeness (QED) is 0.277. The molecule has 0 aliphatic carbocycles. The number of halogens is 1. The van der Waals surface area contributed by atoms with E-state index in [2.05, 4.69) is 21.4 Å². The number of rotatable bonds is 6. The Morgan fingerprint density at radius 2 is 2.33 bits per heavy atom. The van der Waals surface area contributed by atoms with Crippen LogP contribution in [0.15, 0.2) is 22.7 Å². The summed E-state index contributed by atoms with van der Waals surface area (Å²) < 4.78 is 5.87. The van der Waals surface area contributed by atoms with E-state index in [1.165, 1.54) is 0 Å². The highest BCUT2D eigenvalue weighted by Gasteiger charge is 2.15. The molecule has 1 atom stereocenters. The van der Waals surface area contributed by atoms with Crippen molar-refractivity contribution in [1.29, 1.82) is 0 Å². The molecule has 3 N–H and O–H groups in total. The van der Waals surface area contributed by atoms with E-state index < -0.39 is 5.97 Å². The zero-order valence-electron chi connectivity index (χ0n) is 9.98. The van der Waals surface area contributed by atoms with Gasteiger partial charge in [-0.25, -0.2) is 0 Å². The van der Waals surface area contributed by atoms with Crippen molar-refractivity contribution in [3.8, 4) is 5.75 Å². The molecule has 18 heavy (non-hydrogen) atoms. The Bertz CT molecular complexity index is 437. The second-order valence-electron chi connectivity index (χ2n) is 3.95. The van der Waals surface area contributed by atoms with Crippen LogP contribution < -0.4 is 16.0 Å². The third-order valence-corrected chi connectivity index (χ3v) is 2.98. The number of ether oxygens (including phenoxy) is 1. The van der Waals surface area contributed by atoms with E-state index in [4.69, 9.17) is 10.6 Å². The lowest BCUT2D eigenvalue weighted by Gasteiger charge is -2.12. The van der Waals surface area contributed by atoms with Crippen LogP contribution in [-0.2, 0) is 9.59 Å². The van der Waals surface area contributed by atoms with Gasteiger partial charge in [-0.2, -0.15) is 0 Å². The third kappa shape index (κ3) is 4.12. The predicted octanol–water partition coefficient (Wildman–Crippen LogP) is 2.26. The normalized spacial score (nSPS) is 11.7. The molecule has 0 spiro atoms. The average molecular weight is 315 g/mol. The van der Waals surface area contributed by atoms with Crippen LogP contribution in [0.1, 0.15) is 19.8 Å². The Hall–Kier alpha value is -1.40. The Kier molecular flexibility index (Phi) is 5.80. The van der Waals surface area contributed by atoms with Gasteiger partial charge in [-0.1, -0.05) is 13.0 Å². The summed E-state index contributed by atoms with van der Waals surface area (Å²) in [6, 6.07) is 5.21. The van der Waals surface area contributed by atoms with E-state index in [9.17, 15) is 9.59 Å². The highest BCUT2D eigenvalue weighted by atomic mass is 79.9. The lowest BCUT2D eigenvalue weighted by molar-refractivity contribution is -0.135. The molecule has 0 aromatic heterocycles. The van der Waals surface area contributed by atoms with Crippen LogP contribution in [-0.4, -0.2) is 12.3 Å². The molecule has 5 nitrogen and oxygen atoms in total. The summed E-state index contributed by atoms with van der Waals surface area (Å²) in [5, 5.41) is 0. The maximum absolute atomic E-state index is 11.7. The van der Waals surface area contributed by atoms with Gasteiger partial charge in [-0.15, -0.1) is 0 Å². The number of hydrogen-bond donors (Lipinski definition) is 2. The van der Waals surface area contributed by atoms with Crippen molar-refractivity contribution >= 4 is 33.9 Å². The summed E-state index contributed by atoms with van der Waals surface area (Å²) in [7, 11) is 0. The van der Waals surface area contributed by atoms with Crippen LogP contribution in [0, 0.1) is 5.92 Å². The minimum absolute atomic E-state index is 0.0354. The van der Waals surface area contributed by atoms with Gasteiger partial charge in [-0.05, 0) is 34.0 Å². The third-order valence-electron chi connectivity index (χ3n) is 2.35. The monoisotopic (exact) mass is 314 g/mol. The maximum Gasteiger partial charge on any atom is 0.311 e. The summed E-state index contributed by atoms with van der Waals surface area (Å²) in [5.41, 5.74) is 2.97. The second kappa shape index (κ2) is 7.13. The molecule has 1 rings (SSSR count). The van der Waals surface area contributed by atoms with Crippen LogP contribution in [0.2, 0.25) is 0 Å². The standard InChI is InChI=1S/C12H15BrN2O3/c1-8(5-6-16)7-11(17)18-12-9(13)3-2-4-10(12)15-14/h2-4,6,8,15H,5,7,14H2,1H3. The zero-order chi connectivity index (χ0) is 13.5. The van der Waals surface area contributed by atoms with Crippen molar-refractivity contribution in [2.45, 2.75) is 19.8 Å². The van der Waals surface area contributed by atoms with Crippen molar-refractivity contribution in [2.75, 3.05) is 5.43 Å². The van der Waals surface area contributed by atoms with Crippen molar-refractivity contribution in [1.82, 2.24) is 0 Å². The van der Waals surface area contributed by atoms with Gasteiger partial charge in [0.2, 0.25) is 0 Å². The lowest BCUT2D eigenvalue weighted by Crippen LogP contribution is -2.15. The van der Waals surface area contributed by atoms with E-state index in [0.717, 1.165) is 6.29 Å². The van der Waals surface area contributed by atoms with Crippen LogP contribution >= 0.6 is 15.9 Å². The largest absolute Gasteiger partial charge is 0.423 e. The molecule has 0 bridgehead atoms. The fourth-order valence-electron chi connectivity index (χ4n) is 1.41. The zero-order valence-corrected chi connectivity index (χ0v) is 11.6. The number of aldehydes is 1. The average Bonchev–Trinajstić information content (AvgIpc) is 2.31. The number of benzene rings is 1. The van der Waals surface area contributed by atoms with Crippen molar-refractivity contribution in [3.05, 3.63) is 22.7 Å². The molecule has 1 aromatic rings. The number of anilines is 1. The number of hydrogen-bond acceptors (Lipinski definition) is 5. The Labute approximate surface area is 114 Å². The molecule has 98 valence electrons. The minimum Gasteiger partial charge on any atom is -0.423 e. The molecule has 0 saturated carbocycles. The molecule has 0 heterocycles. The first-order valence-corrected chi connectivity index (χ1v) is 6.27. The smallest absolute Gasteiger partial charge is 0.311 e. The number of hydrazine groups is 1. The van der Waals surface area contributed by atoms with Gasteiger partial charge in [0.15, 0.2) is 5.75 Å². The van der Waals surface area contributed by atoms with Gasteiger partial charge in [0.1, 0.15) is 6.29 Å². The van der Waals surface area contributed by atoms with E-state index >= 15 is 0 Å². The number of nitrogen functional groups attached to an aromatic ring is 1. The lowest BCUT2D eigenvalue weighted by atomic mass is 10.1. The number of carbonyl (C=O) groups excluding carboxylic acids is 2. The molecular weight excluding hydrogens is 300 g/mol. The van der Waals surface area contributed by atoms with Crippen LogP contribution in [0.5, 0.6) is 5.75 Å². The van der Waals surface area contributed by atoms with Gasteiger partial charge in [0.05, 0.1) is 10.2 Å². The molecule has 0 fully saturated rings. The second-order valence-corrected chi connectivity index (χ2v) is 4.80. The van der Waals surface area contributed by atoms with Crippen molar-refractivity contribution in [2.24, 2.45) is 11.8 Å². The van der Waals surface area contributed by atoms with E-state index in [1.54, 1.807) is 18.2 Å². The Morgan fingerprint density at radius 3 is 2.94 bits per heavy atom. The molecular formula is C12H15BrN2O3. The van der Waals surface area contributed by atoms with E-state index in [0.29, 0.717) is 22.3 Å². The van der Waals surface area contributed by atoms with Gasteiger partial charge >= 0.3 is 5.97 Å². The Balaban J connectivity index is 2.72. The minimum atomic E-state index is -0.396. The van der Waals surface area contributed by atoms with E-state index in [-0.39, 0.29) is 12.3 Å². The number of esters is 1. The molecule has 0 amide bonds. The van der Waals surface area contributed by atoms with Gasteiger partial charge < -0.3 is 15.0 Å². The van der Waals surface area contributed by atoms with Gasteiger partial charge in [-0.3, -0.25) is 10.6 Å². The summed E-state index contributed by atoms with van der Waals surface area (Å²) in [6.07, 6.45) is 1.32. The topological polar surface area (TPSA) is 81.4 Å². The maximum atomic E-state index is 11.7. The molecule has 6 heteroatoms. The molecule has 0 aliphatic heterocycles. The number of nitrogens with one attached hydrogen (secondary N) is 1.